The number of para-hydroxylation sites is 3. The SMILES string of the molecule is C1=CC2=CC(n3c4ccccc4c4cnc5c6ccccc6n(C6C=c7ccccc7=N6)c5c43)NC2C=C1. The number of nitrogens with one attached hydrogen (secondary N) is 1. The Labute approximate surface area is 218 Å². The molecule has 3 aromatic carbocycles. The van der Waals surface area contributed by atoms with Crippen molar-refractivity contribution < 1.29 is 0 Å². The number of hydrogen-bond acceptors (Lipinski definition) is 3. The lowest BCUT2D eigenvalue weighted by atomic mass is 10.1. The lowest BCUT2D eigenvalue weighted by Crippen LogP contribution is -2.29. The summed E-state index contributed by atoms with van der Waals surface area (Å²) < 4.78 is 4.86. The first kappa shape index (κ1) is 20.3. The van der Waals surface area contributed by atoms with Crippen LogP contribution < -0.4 is 15.9 Å². The first-order chi connectivity index (χ1) is 18.8. The molecule has 3 aromatic heterocycles. The molecular formula is C33H23N5. The third-order valence-corrected chi connectivity index (χ3v) is 8.22. The van der Waals surface area contributed by atoms with E-state index in [1.807, 2.05) is 0 Å². The molecule has 2 aliphatic heterocycles. The summed E-state index contributed by atoms with van der Waals surface area (Å²) in [5.41, 5.74) is 6.98. The van der Waals surface area contributed by atoms with E-state index in [2.05, 4.69) is 130 Å². The van der Waals surface area contributed by atoms with Crippen molar-refractivity contribution in [3.63, 3.8) is 0 Å². The third kappa shape index (κ3) is 2.63. The molecule has 3 aliphatic rings. The lowest BCUT2D eigenvalue weighted by Gasteiger charge is -2.19. The average molecular weight is 490 g/mol. The molecule has 5 heterocycles. The quantitative estimate of drug-likeness (QED) is 0.353. The fourth-order valence-electron chi connectivity index (χ4n) is 6.61. The highest BCUT2D eigenvalue weighted by Crippen LogP contribution is 2.42. The summed E-state index contributed by atoms with van der Waals surface area (Å²) in [7, 11) is 0. The first-order valence-corrected chi connectivity index (χ1v) is 13.1. The summed E-state index contributed by atoms with van der Waals surface area (Å²) in [6.45, 7) is 0. The Kier molecular flexibility index (Phi) is 3.96. The van der Waals surface area contributed by atoms with Crippen molar-refractivity contribution in [3.8, 4) is 0 Å². The predicted molar refractivity (Wildman–Crippen MR) is 153 cm³/mol. The molecule has 38 heavy (non-hydrogen) atoms. The van der Waals surface area contributed by atoms with Gasteiger partial charge in [-0.1, -0.05) is 78.9 Å². The van der Waals surface area contributed by atoms with E-state index in [1.165, 1.54) is 27.2 Å². The number of aromatic nitrogens is 3. The van der Waals surface area contributed by atoms with E-state index in [4.69, 9.17) is 9.98 Å². The maximum absolute atomic E-state index is 5.17. The van der Waals surface area contributed by atoms with Gasteiger partial charge in [-0.05, 0) is 41.1 Å². The minimum absolute atomic E-state index is 0.0172. The van der Waals surface area contributed by atoms with Gasteiger partial charge in [-0.3, -0.25) is 15.3 Å². The maximum Gasteiger partial charge on any atom is 0.146 e. The second-order valence-corrected chi connectivity index (χ2v) is 10.3. The van der Waals surface area contributed by atoms with Gasteiger partial charge in [-0.2, -0.15) is 0 Å². The van der Waals surface area contributed by atoms with Crippen molar-refractivity contribution in [3.05, 3.63) is 126 Å². The van der Waals surface area contributed by atoms with Crippen LogP contribution in [0.1, 0.15) is 12.3 Å². The topological polar surface area (TPSA) is 47.1 Å². The van der Waals surface area contributed by atoms with Crippen LogP contribution in [0, 0.1) is 0 Å². The van der Waals surface area contributed by atoms with Gasteiger partial charge in [-0.15, -0.1) is 0 Å². The largest absolute Gasteiger partial charge is 0.319 e. The van der Waals surface area contributed by atoms with Gasteiger partial charge in [0, 0.05) is 22.4 Å². The number of pyridine rings is 1. The number of fused-ring (bicyclic) bond motifs is 9. The number of benzene rings is 3. The minimum Gasteiger partial charge on any atom is -0.319 e. The highest BCUT2D eigenvalue weighted by atomic mass is 15.2. The van der Waals surface area contributed by atoms with Gasteiger partial charge in [0.1, 0.15) is 12.3 Å². The van der Waals surface area contributed by atoms with Crippen molar-refractivity contribution in [2.45, 2.75) is 18.4 Å². The van der Waals surface area contributed by atoms with Crippen LogP contribution in [0.15, 0.2) is 120 Å². The second-order valence-electron chi connectivity index (χ2n) is 10.3. The van der Waals surface area contributed by atoms with Gasteiger partial charge in [0.15, 0.2) is 0 Å². The van der Waals surface area contributed by atoms with E-state index in [9.17, 15) is 0 Å². The Balaban J connectivity index is 1.45. The van der Waals surface area contributed by atoms with Crippen LogP contribution in [0.3, 0.4) is 0 Å². The zero-order valence-electron chi connectivity index (χ0n) is 20.5. The summed E-state index contributed by atoms with van der Waals surface area (Å²) in [5, 5.41) is 9.59. The van der Waals surface area contributed by atoms with Crippen molar-refractivity contribution in [2.24, 2.45) is 4.99 Å². The normalized spacial score (nSPS) is 21.7. The molecule has 0 spiro atoms. The van der Waals surface area contributed by atoms with Crippen LogP contribution in [-0.2, 0) is 0 Å². The van der Waals surface area contributed by atoms with Crippen LogP contribution >= 0.6 is 0 Å². The van der Waals surface area contributed by atoms with Gasteiger partial charge >= 0.3 is 0 Å². The predicted octanol–water partition coefficient (Wildman–Crippen LogP) is 5.43. The van der Waals surface area contributed by atoms with Crippen molar-refractivity contribution in [2.75, 3.05) is 0 Å². The fraction of sp³-hybridized carbons (Fsp3) is 0.0909. The Hall–Kier alpha value is -4.74. The summed E-state index contributed by atoms with van der Waals surface area (Å²) in [6, 6.07) is 25.9. The van der Waals surface area contributed by atoms with E-state index in [1.54, 1.807) is 0 Å². The van der Waals surface area contributed by atoms with E-state index < -0.39 is 0 Å². The van der Waals surface area contributed by atoms with Crippen molar-refractivity contribution >= 4 is 49.8 Å². The molecule has 0 saturated carbocycles. The van der Waals surface area contributed by atoms with E-state index >= 15 is 0 Å². The molecule has 6 aromatic rings. The van der Waals surface area contributed by atoms with E-state index in [0.717, 1.165) is 32.7 Å². The highest BCUT2D eigenvalue weighted by molar-refractivity contribution is 6.21. The summed E-state index contributed by atoms with van der Waals surface area (Å²) >= 11 is 0. The van der Waals surface area contributed by atoms with Gasteiger partial charge < -0.3 is 9.13 Å². The average Bonchev–Trinajstić information content (AvgIpc) is 3.72. The monoisotopic (exact) mass is 489 g/mol. The second kappa shape index (κ2) is 7.40. The summed E-state index contributed by atoms with van der Waals surface area (Å²) in [6.07, 6.45) is 15.3. The van der Waals surface area contributed by atoms with Crippen LogP contribution in [0.5, 0.6) is 0 Å². The smallest absolute Gasteiger partial charge is 0.146 e. The highest BCUT2D eigenvalue weighted by Gasteiger charge is 2.30. The molecule has 5 heteroatoms. The zero-order chi connectivity index (χ0) is 24.8. The molecule has 3 atom stereocenters. The number of allylic oxidation sites excluding steroid dienone is 2. The van der Waals surface area contributed by atoms with E-state index in [0.29, 0.717) is 0 Å². The minimum atomic E-state index is -0.142. The molecule has 180 valence electrons. The molecule has 5 nitrogen and oxygen atoms in total. The summed E-state index contributed by atoms with van der Waals surface area (Å²) in [5.74, 6) is 0. The Bertz CT molecular complexity index is 2150. The molecule has 3 unspecified atom stereocenters. The molecule has 1 aliphatic carbocycles. The molecule has 0 radical (unpaired) electrons. The van der Waals surface area contributed by atoms with E-state index in [-0.39, 0.29) is 18.4 Å². The third-order valence-electron chi connectivity index (χ3n) is 8.22. The Morgan fingerprint density at radius 2 is 1.50 bits per heavy atom. The molecule has 1 N–H and O–H groups in total. The number of nitrogens with zero attached hydrogens (tertiary/aromatic N) is 4. The van der Waals surface area contributed by atoms with Crippen molar-refractivity contribution in [1.82, 2.24) is 19.4 Å². The van der Waals surface area contributed by atoms with Crippen LogP contribution in [-0.4, -0.2) is 20.2 Å². The fourth-order valence-corrected chi connectivity index (χ4v) is 6.61. The summed E-state index contributed by atoms with van der Waals surface area (Å²) in [4.78, 5) is 10.3. The molecule has 9 rings (SSSR count). The van der Waals surface area contributed by atoms with Gasteiger partial charge in [0.25, 0.3) is 0 Å². The Morgan fingerprint density at radius 3 is 2.37 bits per heavy atom. The zero-order valence-corrected chi connectivity index (χ0v) is 20.5. The number of hydrogen-bond donors (Lipinski definition) is 1. The van der Waals surface area contributed by atoms with Gasteiger partial charge in [0.2, 0.25) is 0 Å². The molecule has 0 amide bonds. The van der Waals surface area contributed by atoms with Crippen molar-refractivity contribution in [1.29, 1.82) is 0 Å². The van der Waals surface area contributed by atoms with Crippen LogP contribution in [0.2, 0.25) is 0 Å². The maximum atomic E-state index is 5.17. The molecule has 0 bridgehead atoms. The van der Waals surface area contributed by atoms with Crippen LogP contribution in [0.25, 0.3) is 49.8 Å². The standard InChI is InChI=1S/C33H23N5/c1-5-13-25-20(9-1)17-29(35-25)37-27-15-7-3-11-22(27)24-19-34-31-23-12-4-8-16-28(23)38(33(31)32(24)37)30-18-21-10-2-6-14-26(21)36-30/h1-19,25,29-30,35H. The Morgan fingerprint density at radius 1 is 0.711 bits per heavy atom. The lowest BCUT2D eigenvalue weighted by molar-refractivity contribution is 0.527. The van der Waals surface area contributed by atoms with Gasteiger partial charge in [-0.25, -0.2) is 0 Å². The molecule has 0 saturated heterocycles. The molecular weight excluding hydrogens is 466 g/mol. The molecule has 0 fully saturated rings. The number of rotatable bonds is 2. The first-order valence-electron chi connectivity index (χ1n) is 13.1. The van der Waals surface area contributed by atoms with Crippen LogP contribution in [0.4, 0.5) is 0 Å². The van der Waals surface area contributed by atoms with Gasteiger partial charge in [0.05, 0.1) is 39.0 Å².